The number of Topliss-reactive ketones (excluding diaryl/α,β-unsaturated/α-hetero) is 1. The van der Waals surface area contributed by atoms with E-state index in [-0.39, 0.29) is 17.5 Å². The van der Waals surface area contributed by atoms with E-state index in [2.05, 4.69) is 25.6 Å². The van der Waals surface area contributed by atoms with E-state index in [0.29, 0.717) is 40.2 Å². The van der Waals surface area contributed by atoms with Gasteiger partial charge in [0.05, 0.1) is 33.2 Å². The average Bonchev–Trinajstić information content (AvgIpc) is 2.82. The van der Waals surface area contributed by atoms with Gasteiger partial charge in [0.1, 0.15) is 11.6 Å². The van der Waals surface area contributed by atoms with Crippen molar-refractivity contribution in [1.29, 1.82) is 0 Å². The van der Waals surface area contributed by atoms with Gasteiger partial charge >= 0.3 is 0 Å². The van der Waals surface area contributed by atoms with Gasteiger partial charge in [-0.05, 0) is 39.8 Å². The minimum Gasteiger partial charge on any atom is -0.493 e. The van der Waals surface area contributed by atoms with Crippen LogP contribution in [-0.2, 0) is 4.79 Å². The van der Waals surface area contributed by atoms with Crippen molar-refractivity contribution in [3.05, 3.63) is 42.0 Å². The number of carbonyl (C=O) groups excluding carboxylic acids is 1. The van der Waals surface area contributed by atoms with Gasteiger partial charge in [-0.2, -0.15) is 4.98 Å². The largest absolute Gasteiger partial charge is 0.493 e. The van der Waals surface area contributed by atoms with Gasteiger partial charge in [-0.3, -0.25) is 4.79 Å². The van der Waals surface area contributed by atoms with E-state index in [0.717, 1.165) is 6.20 Å². The first-order chi connectivity index (χ1) is 16.6. The highest BCUT2D eigenvalue weighted by molar-refractivity contribution is 5.84. The average molecular weight is 486 g/mol. The maximum absolute atomic E-state index is 14.5. The minimum atomic E-state index is -0.993. The number of nitrogens with one attached hydrogen (secondary N) is 2. The summed E-state index contributed by atoms with van der Waals surface area (Å²) in [7, 11) is 4.51. The number of aryl methyl sites for hydroxylation is 1. The number of hydrogen-bond donors (Lipinski definition) is 2. The maximum Gasteiger partial charge on any atom is 0.229 e. The van der Waals surface area contributed by atoms with Crippen LogP contribution in [0, 0.1) is 12.7 Å². The summed E-state index contributed by atoms with van der Waals surface area (Å²) in [6.45, 7) is 6.55. The van der Waals surface area contributed by atoms with Crippen molar-refractivity contribution in [3.63, 3.8) is 0 Å². The fourth-order valence-electron chi connectivity index (χ4n) is 2.99. The fourth-order valence-corrected chi connectivity index (χ4v) is 2.99. The quantitative estimate of drug-likeness (QED) is 0.423. The lowest BCUT2D eigenvalue weighted by Gasteiger charge is -2.24. The summed E-state index contributed by atoms with van der Waals surface area (Å²) in [6.07, 6.45) is 1.04. The van der Waals surface area contributed by atoms with Gasteiger partial charge in [0.2, 0.25) is 11.7 Å². The molecule has 0 aliphatic rings. The molecular formula is C24H28FN5O5. The number of carbonyl (C=O) groups is 1. The lowest BCUT2D eigenvalue weighted by atomic mass is 10.1. The first-order valence-electron chi connectivity index (χ1n) is 10.6. The van der Waals surface area contributed by atoms with Gasteiger partial charge in [0.25, 0.3) is 0 Å². The predicted octanol–water partition coefficient (Wildman–Crippen LogP) is 4.58. The number of benzene rings is 1. The van der Waals surface area contributed by atoms with E-state index < -0.39 is 11.4 Å². The van der Waals surface area contributed by atoms with Gasteiger partial charge in [0.15, 0.2) is 34.5 Å². The first kappa shape index (κ1) is 25.5. The molecule has 0 atom stereocenters. The molecule has 2 aromatic heterocycles. The summed E-state index contributed by atoms with van der Waals surface area (Å²) in [5, 5.41) is 5.84. The Kier molecular flexibility index (Phi) is 7.58. The number of hydrogen-bond acceptors (Lipinski definition) is 10. The van der Waals surface area contributed by atoms with Crippen LogP contribution in [0.15, 0.2) is 30.5 Å². The zero-order chi connectivity index (χ0) is 25.8. The van der Waals surface area contributed by atoms with E-state index in [1.165, 1.54) is 28.3 Å². The standard InChI is InChI=1S/C24H28FN5O5/c1-13-17(35-24(3,4)14(2)31)8-9-20(27-13)29-22-16(25)12-26-23(30-22)28-15-10-18(32-5)21(34-7)19(11-15)33-6/h8-12H,1-7H3,(H2,26,27,28,29,30). The third-order valence-corrected chi connectivity index (χ3v) is 5.16. The molecule has 186 valence electrons. The summed E-state index contributed by atoms with van der Waals surface area (Å²) < 4.78 is 36.3. The Labute approximate surface area is 202 Å². The van der Waals surface area contributed by atoms with Gasteiger partial charge in [0, 0.05) is 17.8 Å². The zero-order valence-electron chi connectivity index (χ0n) is 20.6. The zero-order valence-corrected chi connectivity index (χ0v) is 20.6. The molecule has 0 saturated heterocycles. The molecule has 0 amide bonds. The van der Waals surface area contributed by atoms with Crippen molar-refractivity contribution in [2.75, 3.05) is 32.0 Å². The highest BCUT2D eigenvalue weighted by atomic mass is 19.1. The third kappa shape index (κ3) is 5.86. The van der Waals surface area contributed by atoms with Crippen molar-refractivity contribution in [2.24, 2.45) is 0 Å². The third-order valence-electron chi connectivity index (χ3n) is 5.16. The smallest absolute Gasteiger partial charge is 0.229 e. The second-order valence-electron chi connectivity index (χ2n) is 8.00. The van der Waals surface area contributed by atoms with Gasteiger partial charge in [-0.25, -0.2) is 14.4 Å². The number of pyridine rings is 1. The number of anilines is 4. The molecule has 0 bridgehead atoms. The lowest BCUT2D eigenvalue weighted by molar-refractivity contribution is -0.129. The number of nitrogens with zero attached hydrogens (tertiary/aromatic N) is 3. The summed E-state index contributed by atoms with van der Waals surface area (Å²) in [6, 6.07) is 6.61. The highest BCUT2D eigenvalue weighted by Gasteiger charge is 2.26. The Morgan fingerprint density at radius 3 is 2.17 bits per heavy atom. The molecule has 0 aliphatic heterocycles. The van der Waals surface area contributed by atoms with Gasteiger partial charge in [-0.1, -0.05) is 0 Å². The van der Waals surface area contributed by atoms with E-state index in [1.807, 2.05) is 0 Å². The summed E-state index contributed by atoms with van der Waals surface area (Å²) in [5.41, 5.74) is 0.0725. The van der Waals surface area contributed by atoms with Crippen molar-refractivity contribution in [2.45, 2.75) is 33.3 Å². The second-order valence-corrected chi connectivity index (χ2v) is 8.00. The number of aromatic nitrogens is 3. The second kappa shape index (κ2) is 10.4. The lowest BCUT2D eigenvalue weighted by Crippen LogP contribution is -2.36. The van der Waals surface area contributed by atoms with Crippen LogP contribution in [0.2, 0.25) is 0 Å². The van der Waals surface area contributed by atoms with Crippen LogP contribution in [0.3, 0.4) is 0 Å². The van der Waals surface area contributed by atoms with Gasteiger partial charge < -0.3 is 29.6 Å². The minimum absolute atomic E-state index is 0.0837. The fraction of sp³-hybridized carbons (Fsp3) is 0.333. The summed E-state index contributed by atoms with van der Waals surface area (Å²) in [4.78, 5) is 24.4. The van der Waals surface area contributed by atoms with Crippen LogP contribution < -0.4 is 29.6 Å². The number of halogens is 1. The summed E-state index contributed by atoms with van der Waals surface area (Å²) >= 11 is 0. The first-order valence-corrected chi connectivity index (χ1v) is 10.6. The molecule has 0 aliphatic carbocycles. The normalized spacial score (nSPS) is 11.0. The Bertz CT molecular complexity index is 1210. The van der Waals surface area contributed by atoms with Crippen LogP contribution in [0.5, 0.6) is 23.0 Å². The Morgan fingerprint density at radius 1 is 0.971 bits per heavy atom. The van der Waals surface area contributed by atoms with Crippen LogP contribution in [-0.4, -0.2) is 47.7 Å². The van der Waals surface area contributed by atoms with E-state index in [4.69, 9.17) is 18.9 Å². The van der Waals surface area contributed by atoms with Crippen LogP contribution in [0.25, 0.3) is 0 Å². The Balaban J connectivity index is 1.83. The molecule has 35 heavy (non-hydrogen) atoms. The number of ether oxygens (including phenoxy) is 4. The van der Waals surface area contributed by atoms with Crippen LogP contribution in [0.1, 0.15) is 26.5 Å². The van der Waals surface area contributed by atoms with E-state index >= 15 is 0 Å². The number of ketones is 1. The van der Waals surface area contributed by atoms with Crippen molar-refractivity contribution in [1.82, 2.24) is 15.0 Å². The molecule has 0 unspecified atom stereocenters. The molecule has 3 aromatic rings. The molecule has 1 aromatic carbocycles. The van der Waals surface area contributed by atoms with Crippen LogP contribution >= 0.6 is 0 Å². The highest BCUT2D eigenvalue weighted by Crippen LogP contribution is 2.40. The Hall–Kier alpha value is -4.15. The summed E-state index contributed by atoms with van der Waals surface area (Å²) in [5.74, 6) is 1.35. The van der Waals surface area contributed by atoms with Crippen LogP contribution in [0.4, 0.5) is 27.7 Å². The topological polar surface area (TPSA) is 117 Å². The van der Waals surface area contributed by atoms with Crippen molar-refractivity contribution >= 4 is 29.1 Å². The molecule has 0 saturated carbocycles. The number of rotatable bonds is 10. The molecule has 3 rings (SSSR count). The molecule has 11 heteroatoms. The molecule has 10 nitrogen and oxygen atoms in total. The van der Waals surface area contributed by atoms with E-state index in [9.17, 15) is 9.18 Å². The predicted molar refractivity (Wildman–Crippen MR) is 129 cm³/mol. The maximum atomic E-state index is 14.5. The molecule has 2 N–H and O–H groups in total. The molecule has 0 fully saturated rings. The number of methoxy groups -OCH3 is 3. The molecular weight excluding hydrogens is 457 g/mol. The molecule has 0 spiro atoms. The van der Waals surface area contributed by atoms with E-state index in [1.54, 1.807) is 45.0 Å². The van der Waals surface area contributed by atoms with Crippen molar-refractivity contribution in [3.8, 4) is 23.0 Å². The Morgan fingerprint density at radius 2 is 1.63 bits per heavy atom. The van der Waals surface area contributed by atoms with Crippen molar-refractivity contribution < 1.29 is 28.1 Å². The SMILES string of the molecule is COc1cc(Nc2ncc(F)c(Nc3ccc(OC(C)(C)C(C)=O)c(C)n3)n2)cc(OC)c1OC. The molecule has 0 radical (unpaired) electrons. The molecule has 2 heterocycles. The van der Waals surface area contributed by atoms with Gasteiger partial charge in [-0.15, -0.1) is 0 Å². The monoisotopic (exact) mass is 485 g/mol.